The van der Waals surface area contributed by atoms with Gasteiger partial charge < -0.3 is 14.6 Å². The molecule has 0 unspecified atom stereocenters. The highest BCUT2D eigenvalue weighted by atomic mass is 16.4. The lowest BCUT2D eigenvalue weighted by Gasteiger charge is -2.14. The number of carboxylic acid groups (broad SMARTS) is 1. The predicted molar refractivity (Wildman–Crippen MR) is 58.8 cm³/mol. The zero-order chi connectivity index (χ0) is 12.0. The lowest BCUT2D eigenvalue weighted by atomic mass is 9.91. The molecule has 5 heteroatoms. The molecule has 1 fully saturated rings. The molecule has 0 aliphatic heterocycles. The van der Waals surface area contributed by atoms with E-state index in [4.69, 9.17) is 9.52 Å². The van der Waals surface area contributed by atoms with Crippen LogP contribution in [0.15, 0.2) is 22.9 Å². The second-order valence-electron chi connectivity index (χ2n) is 4.51. The van der Waals surface area contributed by atoms with Crippen LogP contribution < -0.4 is 0 Å². The summed E-state index contributed by atoms with van der Waals surface area (Å²) in [5.74, 6) is -0.794. The zero-order valence-corrected chi connectivity index (χ0v) is 9.01. The highest BCUT2D eigenvalue weighted by Crippen LogP contribution is 2.54. The van der Waals surface area contributed by atoms with Crippen molar-refractivity contribution in [3.8, 4) is 5.75 Å². The minimum absolute atomic E-state index is 0.0456. The number of oxazole rings is 1. The maximum Gasteiger partial charge on any atom is 0.304 e. The van der Waals surface area contributed by atoms with E-state index >= 15 is 0 Å². The van der Waals surface area contributed by atoms with Gasteiger partial charge in [-0.05, 0) is 18.9 Å². The molecule has 88 valence electrons. The first kappa shape index (κ1) is 10.1. The van der Waals surface area contributed by atoms with Crippen molar-refractivity contribution in [2.24, 2.45) is 0 Å². The molecule has 1 aromatic heterocycles. The van der Waals surface area contributed by atoms with E-state index in [0.717, 1.165) is 12.8 Å². The van der Waals surface area contributed by atoms with Gasteiger partial charge in [0.15, 0.2) is 17.5 Å². The van der Waals surface area contributed by atoms with Crippen molar-refractivity contribution < 1.29 is 19.4 Å². The molecule has 0 saturated heterocycles. The van der Waals surface area contributed by atoms with Gasteiger partial charge in [-0.15, -0.1) is 0 Å². The third-order valence-electron chi connectivity index (χ3n) is 3.39. The maximum atomic E-state index is 10.8. The van der Waals surface area contributed by atoms with Gasteiger partial charge in [0.05, 0.1) is 6.42 Å². The van der Waals surface area contributed by atoms with Gasteiger partial charge in [-0.1, -0.05) is 6.07 Å². The Morgan fingerprint density at radius 2 is 2.24 bits per heavy atom. The summed E-state index contributed by atoms with van der Waals surface area (Å²) in [4.78, 5) is 14.8. The number of benzene rings is 1. The van der Waals surface area contributed by atoms with Crippen LogP contribution in [0, 0.1) is 0 Å². The number of carboxylic acids is 1. The summed E-state index contributed by atoms with van der Waals surface area (Å²) in [5.41, 5.74) is 1.17. The Kier molecular flexibility index (Phi) is 1.92. The molecule has 1 aliphatic rings. The highest BCUT2D eigenvalue weighted by molar-refractivity contribution is 5.82. The molecule has 3 rings (SSSR count). The Labute approximate surface area is 96.7 Å². The van der Waals surface area contributed by atoms with E-state index < -0.39 is 11.4 Å². The zero-order valence-electron chi connectivity index (χ0n) is 9.01. The summed E-state index contributed by atoms with van der Waals surface area (Å²) < 4.78 is 5.08. The van der Waals surface area contributed by atoms with Crippen molar-refractivity contribution in [1.29, 1.82) is 0 Å². The Morgan fingerprint density at radius 3 is 2.88 bits per heavy atom. The summed E-state index contributed by atoms with van der Waals surface area (Å²) in [6.07, 6.45) is 2.89. The first-order chi connectivity index (χ1) is 8.12. The molecule has 0 bridgehead atoms. The summed E-state index contributed by atoms with van der Waals surface area (Å²) in [5, 5.41) is 19.0. The molecule has 1 heterocycles. The largest absolute Gasteiger partial charge is 0.505 e. The van der Waals surface area contributed by atoms with Gasteiger partial charge in [0.25, 0.3) is 0 Å². The van der Waals surface area contributed by atoms with Crippen LogP contribution in [0.25, 0.3) is 11.1 Å². The van der Waals surface area contributed by atoms with Gasteiger partial charge >= 0.3 is 5.97 Å². The van der Waals surface area contributed by atoms with Gasteiger partial charge in [-0.25, -0.2) is 4.98 Å². The van der Waals surface area contributed by atoms with Gasteiger partial charge in [-0.2, -0.15) is 0 Å². The number of aliphatic carboxylic acids is 1. The number of nitrogens with zero attached hydrogens (tertiary/aromatic N) is 1. The fourth-order valence-corrected chi connectivity index (χ4v) is 2.33. The summed E-state index contributed by atoms with van der Waals surface area (Å²) in [6.45, 7) is 0. The molecule has 0 radical (unpaired) electrons. The number of phenolic OH excluding ortho intramolecular Hbond substituents is 1. The van der Waals surface area contributed by atoms with Gasteiger partial charge in [0, 0.05) is 11.0 Å². The Hall–Kier alpha value is -2.04. The van der Waals surface area contributed by atoms with Crippen molar-refractivity contribution in [1.82, 2.24) is 4.98 Å². The lowest BCUT2D eigenvalue weighted by molar-refractivity contribution is -0.137. The SMILES string of the molecule is O=C(O)CC1(c2ccc3ocnc3c2O)CC1. The summed E-state index contributed by atoms with van der Waals surface area (Å²) in [7, 11) is 0. The normalized spacial score (nSPS) is 17.2. The first-order valence-corrected chi connectivity index (χ1v) is 5.40. The number of phenols is 1. The van der Waals surface area contributed by atoms with Crippen LogP contribution >= 0.6 is 0 Å². The van der Waals surface area contributed by atoms with Crippen molar-refractivity contribution >= 4 is 17.1 Å². The number of aromatic hydroxyl groups is 1. The summed E-state index contributed by atoms with van der Waals surface area (Å²) >= 11 is 0. The van der Waals surface area contributed by atoms with Crippen LogP contribution in [-0.4, -0.2) is 21.2 Å². The first-order valence-electron chi connectivity index (χ1n) is 5.40. The second-order valence-corrected chi connectivity index (χ2v) is 4.51. The van der Waals surface area contributed by atoms with E-state index in [-0.39, 0.29) is 12.2 Å². The number of aromatic nitrogens is 1. The lowest BCUT2D eigenvalue weighted by Crippen LogP contribution is -2.13. The maximum absolute atomic E-state index is 10.8. The van der Waals surface area contributed by atoms with Crippen LogP contribution in [-0.2, 0) is 10.2 Å². The molecule has 1 aromatic carbocycles. The van der Waals surface area contributed by atoms with Crippen molar-refractivity contribution in [2.45, 2.75) is 24.7 Å². The number of rotatable bonds is 3. The standard InChI is InChI=1S/C12H11NO4/c14-9(15)5-12(3-4-12)7-1-2-8-10(11(7)16)13-6-17-8/h1-2,6,16H,3-5H2,(H,14,15). The van der Waals surface area contributed by atoms with Crippen LogP contribution in [0.4, 0.5) is 0 Å². The van der Waals surface area contributed by atoms with E-state index in [2.05, 4.69) is 4.98 Å². The van der Waals surface area contributed by atoms with Crippen LogP contribution in [0.1, 0.15) is 24.8 Å². The van der Waals surface area contributed by atoms with E-state index in [1.165, 1.54) is 6.39 Å². The van der Waals surface area contributed by atoms with E-state index in [1.54, 1.807) is 12.1 Å². The topological polar surface area (TPSA) is 83.6 Å². The molecule has 1 saturated carbocycles. The van der Waals surface area contributed by atoms with E-state index in [1.807, 2.05) is 0 Å². The average molecular weight is 233 g/mol. The minimum Gasteiger partial charge on any atom is -0.505 e. The van der Waals surface area contributed by atoms with Crippen molar-refractivity contribution in [3.63, 3.8) is 0 Å². The molecule has 2 N–H and O–H groups in total. The summed E-state index contributed by atoms with van der Waals surface area (Å²) in [6, 6.07) is 3.46. The molecule has 5 nitrogen and oxygen atoms in total. The van der Waals surface area contributed by atoms with Crippen molar-refractivity contribution in [3.05, 3.63) is 24.1 Å². The minimum atomic E-state index is -0.845. The molecular weight excluding hydrogens is 222 g/mol. The molecular formula is C12H11NO4. The third-order valence-corrected chi connectivity index (χ3v) is 3.39. The fourth-order valence-electron chi connectivity index (χ4n) is 2.33. The number of hydrogen-bond acceptors (Lipinski definition) is 4. The van der Waals surface area contributed by atoms with Crippen LogP contribution in [0.2, 0.25) is 0 Å². The van der Waals surface area contributed by atoms with Gasteiger partial charge in [0.2, 0.25) is 0 Å². The van der Waals surface area contributed by atoms with E-state index in [0.29, 0.717) is 16.7 Å². The molecule has 0 atom stereocenters. The fraction of sp³-hybridized carbons (Fsp3) is 0.333. The number of carbonyl (C=O) groups is 1. The van der Waals surface area contributed by atoms with E-state index in [9.17, 15) is 9.90 Å². The molecule has 0 spiro atoms. The van der Waals surface area contributed by atoms with Crippen molar-refractivity contribution in [2.75, 3.05) is 0 Å². The Morgan fingerprint density at radius 1 is 1.47 bits per heavy atom. The number of fused-ring (bicyclic) bond motifs is 1. The second kappa shape index (κ2) is 3.23. The monoisotopic (exact) mass is 233 g/mol. The smallest absolute Gasteiger partial charge is 0.304 e. The molecule has 0 amide bonds. The predicted octanol–water partition coefficient (Wildman–Crippen LogP) is 2.04. The number of hydrogen-bond donors (Lipinski definition) is 2. The third kappa shape index (κ3) is 1.46. The Bertz CT molecular complexity index is 598. The van der Waals surface area contributed by atoms with Gasteiger partial charge in [0.1, 0.15) is 5.75 Å². The van der Waals surface area contributed by atoms with Gasteiger partial charge in [-0.3, -0.25) is 4.79 Å². The highest BCUT2D eigenvalue weighted by Gasteiger charge is 2.48. The molecule has 2 aromatic rings. The Balaban J connectivity index is 2.11. The molecule has 17 heavy (non-hydrogen) atoms. The van der Waals surface area contributed by atoms with Crippen LogP contribution in [0.5, 0.6) is 5.75 Å². The average Bonchev–Trinajstić information content (AvgIpc) is 2.87. The van der Waals surface area contributed by atoms with Crippen LogP contribution in [0.3, 0.4) is 0 Å². The quantitative estimate of drug-likeness (QED) is 0.847. The molecule has 1 aliphatic carbocycles.